The SMILES string of the molecule is CCCCOCCNC(=O)c1cc(N)ccc1C.Cl. The predicted molar refractivity (Wildman–Crippen MR) is 80.9 cm³/mol. The lowest BCUT2D eigenvalue weighted by Crippen LogP contribution is -2.28. The first-order valence-electron chi connectivity index (χ1n) is 6.37. The highest BCUT2D eigenvalue weighted by molar-refractivity contribution is 5.96. The summed E-state index contributed by atoms with van der Waals surface area (Å²) in [6, 6.07) is 5.34. The number of hydrogen-bond acceptors (Lipinski definition) is 3. The molecular weight excluding hydrogens is 264 g/mol. The first kappa shape index (κ1) is 17.7. The number of nitrogens with two attached hydrogens (primary N) is 1. The molecule has 0 bridgehead atoms. The highest BCUT2D eigenvalue weighted by Gasteiger charge is 2.08. The third kappa shape index (κ3) is 6.45. The first-order valence-corrected chi connectivity index (χ1v) is 6.37. The molecule has 108 valence electrons. The molecule has 1 amide bonds. The summed E-state index contributed by atoms with van der Waals surface area (Å²) in [4.78, 5) is 11.9. The molecular formula is C14H23ClN2O2. The Morgan fingerprint density at radius 3 is 2.79 bits per heavy atom. The van der Waals surface area contributed by atoms with Crippen molar-refractivity contribution in [3.63, 3.8) is 0 Å². The fraction of sp³-hybridized carbons (Fsp3) is 0.500. The monoisotopic (exact) mass is 286 g/mol. The van der Waals surface area contributed by atoms with Crippen LogP contribution in [0.25, 0.3) is 0 Å². The van der Waals surface area contributed by atoms with Gasteiger partial charge in [-0.1, -0.05) is 19.4 Å². The van der Waals surface area contributed by atoms with Crippen LogP contribution in [0.4, 0.5) is 5.69 Å². The molecule has 0 heterocycles. The minimum absolute atomic E-state index is 0. The number of carbonyl (C=O) groups is 1. The van der Waals surface area contributed by atoms with E-state index in [-0.39, 0.29) is 18.3 Å². The standard InChI is InChI=1S/C14H22N2O2.ClH/c1-3-4-8-18-9-7-16-14(17)13-10-12(15)6-5-11(13)2;/h5-6,10H,3-4,7-9,15H2,1-2H3,(H,16,17);1H. The number of halogens is 1. The fourth-order valence-corrected chi connectivity index (χ4v) is 1.56. The molecule has 1 aromatic carbocycles. The summed E-state index contributed by atoms with van der Waals surface area (Å²) in [5.74, 6) is -0.0982. The zero-order valence-corrected chi connectivity index (χ0v) is 12.4. The van der Waals surface area contributed by atoms with E-state index in [1.54, 1.807) is 12.1 Å². The Bertz CT molecular complexity index is 397. The van der Waals surface area contributed by atoms with Gasteiger partial charge < -0.3 is 15.8 Å². The molecule has 0 saturated heterocycles. The summed E-state index contributed by atoms with van der Waals surface area (Å²) in [5, 5.41) is 2.82. The number of hydrogen-bond donors (Lipinski definition) is 2. The second kappa shape index (κ2) is 9.64. The van der Waals surface area contributed by atoms with E-state index in [0.717, 1.165) is 25.0 Å². The summed E-state index contributed by atoms with van der Waals surface area (Å²) in [6.45, 7) is 5.84. The van der Waals surface area contributed by atoms with Crippen LogP contribution >= 0.6 is 12.4 Å². The van der Waals surface area contributed by atoms with Gasteiger partial charge in [-0.15, -0.1) is 12.4 Å². The van der Waals surface area contributed by atoms with Crippen molar-refractivity contribution in [2.75, 3.05) is 25.5 Å². The van der Waals surface area contributed by atoms with Crippen LogP contribution in [0.1, 0.15) is 35.7 Å². The van der Waals surface area contributed by atoms with Crippen molar-refractivity contribution in [1.82, 2.24) is 5.32 Å². The molecule has 0 aliphatic rings. The zero-order valence-electron chi connectivity index (χ0n) is 11.6. The molecule has 0 radical (unpaired) electrons. The number of nitrogen functional groups attached to an aromatic ring is 1. The quantitative estimate of drug-likeness (QED) is 0.598. The molecule has 0 unspecified atom stereocenters. The number of benzene rings is 1. The van der Waals surface area contributed by atoms with Crippen LogP contribution in [0.15, 0.2) is 18.2 Å². The van der Waals surface area contributed by atoms with Gasteiger partial charge in [0.15, 0.2) is 0 Å². The number of ether oxygens (including phenoxy) is 1. The number of aryl methyl sites for hydroxylation is 1. The van der Waals surface area contributed by atoms with Gasteiger partial charge in [-0.3, -0.25) is 4.79 Å². The highest BCUT2D eigenvalue weighted by Crippen LogP contribution is 2.12. The van der Waals surface area contributed by atoms with Gasteiger partial charge in [0.25, 0.3) is 5.91 Å². The summed E-state index contributed by atoms with van der Waals surface area (Å²) < 4.78 is 5.37. The molecule has 0 aromatic heterocycles. The number of anilines is 1. The maximum Gasteiger partial charge on any atom is 0.251 e. The Hall–Kier alpha value is -1.26. The minimum Gasteiger partial charge on any atom is -0.399 e. The lowest BCUT2D eigenvalue weighted by atomic mass is 10.1. The molecule has 4 nitrogen and oxygen atoms in total. The maximum atomic E-state index is 11.9. The molecule has 5 heteroatoms. The van der Waals surface area contributed by atoms with E-state index >= 15 is 0 Å². The van der Waals surface area contributed by atoms with Crippen molar-refractivity contribution in [2.45, 2.75) is 26.7 Å². The molecule has 0 atom stereocenters. The third-order valence-corrected chi connectivity index (χ3v) is 2.68. The topological polar surface area (TPSA) is 64.3 Å². The van der Waals surface area contributed by atoms with Crippen LogP contribution in [0.5, 0.6) is 0 Å². The molecule has 0 spiro atoms. The number of unbranched alkanes of at least 4 members (excludes halogenated alkanes) is 1. The van der Waals surface area contributed by atoms with Crippen molar-refractivity contribution in [2.24, 2.45) is 0 Å². The molecule has 0 saturated carbocycles. The lowest BCUT2D eigenvalue weighted by molar-refractivity contribution is 0.0912. The van der Waals surface area contributed by atoms with Crippen LogP contribution < -0.4 is 11.1 Å². The lowest BCUT2D eigenvalue weighted by Gasteiger charge is -2.08. The van der Waals surface area contributed by atoms with Crippen molar-refractivity contribution in [1.29, 1.82) is 0 Å². The van der Waals surface area contributed by atoms with Crippen LogP contribution in [-0.2, 0) is 4.74 Å². The van der Waals surface area contributed by atoms with Crippen molar-refractivity contribution in [3.8, 4) is 0 Å². The normalized spacial score (nSPS) is 9.79. The first-order chi connectivity index (χ1) is 8.65. The minimum atomic E-state index is -0.0982. The van der Waals surface area contributed by atoms with Gasteiger partial charge in [0.1, 0.15) is 0 Å². The van der Waals surface area contributed by atoms with E-state index < -0.39 is 0 Å². The van der Waals surface area contributed by atoms with Crippen LogP contribution in [-0.4, -0.2) is 25.7 Å². The Balaban J connectivity index is 0.00000324. The van der Waals surface area contributed by atoms with Crippen molar-refractivity contribution < 1.29 is 9.53 Å². The van der Waals surface area contributed by atoms with E-state index in [4.69, 9.17) is 10.5 Å². The second-order valence-corrected chi connectivity index (χ2v) is 4.30. The fourth-order valence-electron chi connectivity index (χ4n) is 1.56. The predicted octanol–water partition coefficient (Wildman–Crippen LogP) is 2.55. The van der Waals surface area contributed by atoms with Gasteiger partial charge in [0.05, 0.1) is 6.61 Å². The van der Waals surface area contributed by atoms with Gasteiger partial charge in [-0.05, 0) is 31.0 Å². The third-order valence-electron chi connectivity index (χ3n) is 2.68. The van der Waals surface area contributed by atoms with E-state index in [2.05, 4.69) is 12.2 Å². The summed E-state index contributed by atoms with van der Waals surface area (Å²) >= 11 is 0. The average Bonchev–Trinajstić information content (AvgIpc) is 2.36. The maximum absolute atomic E-state index is 11.9. The van der Waals surface area contributed by atoms with Crippen LogP contribution in [0.2, 0.25) is 0 Å². The summed E-state index contributed by atoms with van der Waals surface area (Å²) in [6.07, 6.45) is 2.18. The molecule has 0 aliphatic carbocycles. The number of carbonyl (C=O) groups excluding carboxylic acids is 1. The van der Waals surface area contributed by atoms with E-state index in [1.807, 2.05) is 13.0 Å². The van der Waals surface area contributed by atoms with Crippen LogP contribution in [0.3, 0.4) is 0 Å². The van der Waals surface area contributed by atoms with Crippen LogP contribution in [0, 0.1) is 6.92 Å². The molecule has 0 aliphatic heterocycles. The molecule has 19 heavy (non-hydrogen) atoms. The van der Waals surface area contributed by atoms with Gasteiger partial charge >= 0.3 is 0 Å². The number of nitrogens with one attached hydrogen (secondary N) is 1. The zero-order chi connectivity index (χ0) is 13.4. The number of rotatable bonds is 7. The van der Waals surface area contributed by atoms with Gasteiger partial charge in [0, 0.05) is 24.4 Å². The highest BCUT2D eigenvalue weighted by atomic mass is 35.5. The van der Waals surface area contributed by atoms with E-state index in [1.165, 1.54) is 0 Å². The Morgan fingerprint density at radius 1 is 1.37 bits per heavy atom. The van der Waals surface area contributed by atoms with E-state index in [9.17, 15) is 4.79 Å². The van der Waals surface area contributed by atoms with Crippen molar-refractivity contribution in [3.05, 3.63) is 29.3 Å². The van der Waals surface area contributed by atoms with Gasteiger partial charge in [-0.25, -0.2) is 0 Å². The molecule has 3 N–H and O–H groups in total. The smallest absolute Gasteiger partial charge is 0.251 e. The summed E-state index contributed by atoms with van der Waals surface area (Å²) in [7, 11) is 0. The Kier molecular flexibility index (Phi) is 9.00. The summed E-state index contributed by atoms with van der Waals surface area (Å²) in [5.41, 5.74) is 7.83. The molecule has 1 aromatic rings. The Labute approximate surface area is 121 Å². The largest absolute Gasteiger partial charge is 0.399 e. The molecule has 1 rings (SSSR count). The number of amides is 1. The van der Waals surface area contributed by atoms with E-state index in [0.29, 0.717) is 24.4 Å². The Morgan fingerprint density at radius 2 is 2.11 bits per heavy atom. The van der Waals surface area contributed by atoms with Gasteiger partial charge in [0.2, 0.25) is 0 Å². The van der Waals surface area contributed by atoms with Crippen molar-refractivity contribution >= 4 is 24.0 Å². The average molecular weight is 287 g/mol. The van der Waals surface area contributed by atoms with Gasteiger partial charge in [-0.2, -0.15) is 0 Å². The second-order valence-electron chi connectivity index (χ2n) is 4.30. The molecule has 0 fully saturated rings.